The molecule has 2 aliphatic carbocycles. The highest BCUT2D eigenvalue weighted by molar-refractivity contribution is 7.90. The van der Waals surface area contributed by atoms with Crippen LogP contribution in [0.15, 0.2) is 77.3 Å². The maximum absolute atomic E-state index is 14.7. The van der Waals surface area contributed by atoms with E-state index in [4.69, 9.17) is 4.43 Å². The summed E-state index contributed by atoms with van der Waals surface area (Å²) in [6.45, 7) is 20.6. The lowest BCUT2D eigenvalue weighted by Gasteiger charge is -2.60. The van der Waals surface area contributed by atoms with Crippen LogP contribution < -0.4 is 0 Å². The number of rotatable bonds is 9. The Balaban J connectivity index is 1.46. The molecule has 1 aromatic heterocycles. The minimum atomic E-state index is -3.78. The number of hydrogen-bond donors (Lipinski definition) is 0. The predicted octanol–water partition coefficient (Wildman–Crippen LogP) is 9.96. The molecule has 46 heavy (non-hydrogen) atoms. The minimum Gasteiger partial charge on any atom is -0.413 e. The highest BCUT2D eigenvalue weighted by atomic mass is 32.2. The molecule has 5 atom stereocenters. The van der Waals surface area contributed by atoms with E-state index in [1.54, 1.807) is 30.5 Å². The molecule has 250 valence electrons. The molecule has 5 nitrogen and oxygen atoms in total. The summed E-state index contributed by atoms with van der Waals surface area (Å²) in [4.78, 5) is 15.0. The Kier molecular flexibility index (Phi) is 9.48. The molecule has 0 radical (unpaired) electrons. The fourth-order valence-corrected chi connectivity index (χ4v) is 11.1. The van der Waals surface area contributed by atoms with Gasteiger partial charge in [0.05, 0.1) is 16.5 Å². The van der Waals surface area contributed by atoms with Crippen LogP contribution in [0.5, 0.6) is 0 Å². The number of hydrogen-bond acceptors (Lipinski definition) is 4. The number of fused-ring (bicyclic) bond motifs is 2. The van der Waals surface area contributed by atoms with Gasteiger partial charge in [-0.15, -0.1) is 0 Å². The van der Waals surface area contributed by atoms with Gasteiger partial charge in [-0.2, -0.15) is 0 Å². The summed E-state index contributed by atoms with van der Waals surface area (Å²) in [6, 6.07) is 16.3. The van der Waals surface area contributed by atoms with Crippen LogP contribution >= 0.6 is 0 Å². The average molecular weight is 662 g/mol. The van der Waals surface area contributed by atoms with Crippen molar-refractivity contribution in [3.05, 3.63) is 78.0 Å². The van der Waals surface area contributed by atoms with Crippen LogP contribution in [-0.4, -0.2) is 32.6 Å². The number of para-hydroxylation sites is 1. The Labute approximate surface area is 279 Å². The number of Topliss-reactive ketones (excluding diaryl/α,β-unsaturated/α-hetero) is 1. The van der Waals surface area contributed by atoms with E-state index in [-0.39, 0.29) is 33.3 Å². The second-order valence-electron chi connectivity index (χ2n) is 16.3. The van der Waals surface area contributed by atoms with Gasteiger partial charge in [-0.1, -0.05) is 82.7 Å². The van der Waals surface area contributed by atoms with E-state index in [9.17, 15) is 13.2 Å². The van der Waals surface area contributed by atoms with Gasteiger partial charge >= 0.3 is 0 Å². The lowest BCUT2D eigenvalue weighted by Crippen LogP contribution is -2.60. The van der Waals surface area contributed by atoms with Gasteiger partial charge in [0.2, 0.25) is 0 Å². The van der Waals surface area contributed by atoms with Crippen molar-refractivity contribution >= 4 is 35.0 Å². The number of ketones is 1. The Morgan fingerprint density at radius 3 is 2.30 bits per heavy atom. The molecule has 0 amide bonds. The van der Waals surface area contributed by atoms with Gasteiger partial charge in [0, 0.05) is 22.9 Å². The molecule has 0 N–H and O–H groups in total. The zero-order chi connectivity index (χ0) is 33.7. The molecule has 2 saturated carbocycles. The molecule has 2 aromatic carbocycles. The zero-order valence-corrected chi connectivity index (χ0v) is 31.3. The van der Waals surface area contributed by atoms with E-state index in [0.717, 1.165) is 49.5 Å². The molecule has 2 fully saturated rings. The van der Waals surface area contributed by atoms with Gasteiger partial charge in [0.25, 0.3) is 10.0 Å². The fraction of sp³-hybridized carbons (Fsp3) is 0.564. The van der Waals surface area contributed by atoms with Crippen molar-refractivity contribution < 1.29 is 17.6 Å². The highest BCUT2D eigenvalue weighted by Crippen LogP contribution is 2.61. The van der Waals surface area contributed by atoms with Crippen LogP contribution in [0.3, 0.4) is 0 Å². The fourth-order valence-electron chi connectivity index (χ4n) is 8.27. The quantitative estimate of drug-likeness (QED) is 0.169. The average Bonchev–Trinajstić information content (AvgIpc) is 3.36. The monoisotopic (exact) mass is 661 g/mol. The smallest absolute Gasteiger partial charge is 0.268 e. The number of allylic oxidation sites excluding steroid dienone is 2. The van der Waals surface area contributed by atoms with Crippen molar-refractivity contribution in [2.24, 2.45) is 22.7 Å². The molecular formula is C39H55NO4SSi. The van der Waals surface area contributed by atoms with Crippen molar-refractivity contribution in [2.75, 3.05) is 0 Å². The highest BCUT2D eigenvalue weighted by Gasteiger charge is 2.60. The molecule has 0 saturated heterocycles. The first-order valence-electron chi connectivity index (χ1n) is 17.2. The zero-order valence-electron chi connectivity index (χ0n) is 29.5. The molecule has 2 aliphatic rings. The summed E-state index contributed by atoms with van der Waals surface area (Å²) >= 11 is 0. The number of benzene rings is 2. The Bertz CT molecular complexity index is 1710. The Hall–Kier alpha value is -2.48. The van der Waals surface area contributed by atoms with E-state index >= 15 is 0 Å². The molecule has 1 unspecified atom stereocenters. The van der Waals surface area contributed by atoms with Crippen LogP contribution in [0.1, 0.15) is 92.6 Å². The van der Waals surface area contributed by atoms with Crippen molar-refractivity contribution in [2.45, 2.75) is 123 Å². The first-order chi connectivity index (χ1) is 21.4. The summed E-state index contributed by atoms with van der Waals surface area (Å²) < 4.78 is 36.1. The van der Waals surface area contributed by atoms with Crippen LogP contribution in [0.2, 0.25) is 18.1 Å². The predicted molar refractivity (Wildman–Crippen MR) is 192 cm³/mol. The van der Waals surface area contributed by atoms with Crippen LogP contribution in [-0.2, 0) is 25.7 Å². The summed E-state index contributed by atoms with van der Waals surface area (Å²) in [5.74, 6) is 0.461. The molecule has 5 rings (SSSR count). The van der Waals surface area contributed by atoms with Crippen LogP contribution in [0, 0.1) is 22.7 Å². The maximum Gasteiger partial charge on any atom is 0.268 e. The number of carbonyl (C=O) groups is 1. The second kappa shape index (κ2) is 12.5. The normalized spacial score (nSPS) is 27.4. The second-order valence-corrected chi connectivity index (χ2v) is 22.9. The van der Waals surface area contributed by atoms with Gasteiger partial charge in [0.1, 0.15) is 5.78 Å². The summed E-state index contributed by atoms with van der Waals surface area (Å²) in [7, 11) is -5.80. The number of aromatic nitrogens is 1. The summed E-state index contributed by atoms with van der Waals surface area (Å²) in [5, 5.41) is 1.02. The molecule has 7 heteroatoms. The molecule has 0 spiro atoms. The first kappa shape index (κ1) is 34.8. The van der Waals surface area contributed by atoms with Crippen molar-refractivity contribution in [1.29, 1.82) is 0 Å². The minimum absolute atomic E-state index is 0.102. The maximum atomic E-state index is 14.7. The third-order valence-electron chi connectivity index (χ3n) is 12.0. The first-order valence-corrected chi connectivity index (χ1v) is 21.5. The molecule has 1 heterocycles. The third-order valence-corrected chi connectivity index (χ3v) is 18.1. The Morgan fingerprint density at radius 2 is 1.65 bits per heavy atom. The largest absolute Gasteiger partial charge is 0.413 e. The van der Waals surface area contributed by atoms with E-state index in [2.05, 4.69) is 67.6 Å². The van der Waals surface area contributed by atoms with E-state index in [1.165, 1.54) is 9.55 Å². The number of nitrogens with zero attached hydrogens (tertiary/aromatic N) is 1. The SMILES string of the molecule is CC(C)=CCC[C@]1(C)[C@@H](O[Si](C)(C)C(C)(C)C)CC[C@]2(C)C(=O)C(Cc3cn(S(=O)(=O)c4ccccc4)c4ccccc34)CC[C@@H]12. The van der Waals surface area contributed by atoms with Gasteiger partial charge in [0.15, 0.2) is 8.32 Å². The molecule has 3 aromatic rings. The van der Waals surface area contributed by atoms with Gasteiger partial charge < -0.3 is 4.43 Å². The Morgan fingerprint density at radius 1 is 1.00 bits per heavy atom. The van der Waals surface area contributed by atoms with E-state index in [0.29, 0.717) is 17.7 Å². The van der Waals surface area contributed by atoms with E-state index < -0.39 is 23.8 Å². The van der Waals surface area contributed by atoms with E-state index in [1.807, 2.05) is 30.3 Å². The lowest BCUT2D eigenvalue weighted by molar-refractivity contribution is -0.162. The van der Waals surface area contributed by atoms with Crippen molar-refractivity contribution in [3.63, 3.8) is 0 Å². The van der Waals surface area contributed by atoms with Crippen molar-refractivity contribution in [1.82, 2.24) is 3.97 Å². The topological polar surface area (TPSA) is 65.4 Å². The van der Waals surface area contributed by atoms with Gasteiger partial charge in [-0.3, -0.25) is 4.79 Å². The summed E-state index contributed by atoms with van der Waals surface area (Å²) in [5.41, 5.74) is 2.39. The number of carbonyl (C=O) groups excluding carboxylic acids is 1. The van der Waals surface area contributed by atoms with Crippen LogP contribution in [0.4, 0.5) is 0 Å². The summed E-state index contributed by atoms with van der Waals surface area (Å²) in [6.07, 6.45) is 10.4. The lowest BCUT2D eigenvalue weighted by atomic mass is 9.47. The standard InChI is InChI=1S/C39H55NO4SSi/c1-28(2)16-15-24-38(6)34-22-21-29(36(41)39(34,7)25-23-35(38)44-46(8,9)37(3,4)5)26-30-27-40(33-20-14-13-19-32(30)33)45(42,43)31-17-11-10-12-18-31/h10-14,16-20,27,29,34-35H,15,21-26H2,1-9H3/t29?,34-,35-,38-,39-/m0/s1. The molecule has 0 bridgehead atoms. The molecular weight excluding hydrogens is 607 g/mol. The van der Waals surface area contributed by atoms with Crippen LogP contribution in [0.25, 0.3) is 10.9 Å². The van der Waals surface area contributed by atoms with Gasteiger partial charge in [-0.05, 0) is 112 Å². The van der Waals surface area contributed by atoms with Crippen molar-refractivity contribution in [3.8, 4) is 0 Å². The van der Waals surface area contributed by atoms with Gasteiger partial charge in [-0.25, -0.2) is 12.4 Å². The third kappa shape index (κ3) is 6.24. The molecule has 0 aliphatic heterocycles.